The van der Waals surface area contributed by atoms with E-state index in [-0.39, 0.29) is 47.1 Å². The van der Waals surface area contributed by atoms with Crippen molar-refractivity contribution in [3.05, 3.63) is 75.9 Å². The van der Waals surface area contributed by atoms with Crippen LogP contribution in [0, 0.1) is 17.2 Å². The van der Waals surface area contributed by atoms with Crippen LogP contribution in [0.15, 0.2) is 54.4 Å². The Balaban J connectivity index is 1.23. The van der Waals surface area contributed by atoms with Gasteiger partial charge in [0.15, 0.2) is 5.13 Å². The molecule has 7 rings (SSSR count). The van der Waals surface area contributed by atoms with Crippen molar-refractivity contribution in [2.24, 2.45) is 11.3 Å². The van der Waals surface area contributed by atoms with Gasteiger partial charge in [0.25, 0.3) is 0 Å². The number of hydrogen-bond donors (Lipinski definition) is 4. The third-order valence-electron chi connectivity index (χ3n) is 12.0. The molecule has 0 bridgehead atoms. The molecular weight excluding hydrogens is 905 g/mol. The zero-order valence-corrected chi connectivity index (χ0v) is 39.8. The summed E-state index contributed by atoms with van der Waals surface area (Å²) in [5.41, 5.74) is 0.556. The highest BCUT2D eigenvalue weighted by Gasteiger charge is 2.66. The Kier molecular flexibility index (Phi) is 13.9. The molecule has 2 aliphatic carbocycles. The summed E-state index contributed by atoms with van der Waals surface area (Å²) < 4.78 is 47.5. The summed E-state index contributed by atoms with van der Waals surface area (Å²) in [6.07, 6.45) is 2.22. The average Bonchev–Trinajstić information content (AvgIpc) is 3.63. The number of halogens is 3. The van der Waals surface area contributed by atoms with Gasteiger partial charge in [-0.25, -0.2) is 19.2 Å². The smallest absolute Gasteiger partial charge is 0.408 e. The van der Waals surface area contributed by atoms with Crippen LogP contribution < -0.4 is 25.4 Å². The standard InChI is InChI=1S/C45H54Cl2FN6O8PS/c1-8-25-20-45(25,63(58,59)22-30-32(48)16-15-31(46)38(30)47)53-40(55)36-18-28(21-54(36)41(56)39(44(4,5)6)52-43(57)62-26-11-9-10-12-26)61-37-19-34(35-23-64-42(51-35)49-24(2)3)50-33-17-27(60-7)13-14-29(33)37/h8,13-17,19,23-26,28,36,39H,1,9-12,18,20-22H2,2-7H3,(H,49,51)(H,52,57)(H,53,55)(H,58,59)/t25-,28-,36+,39?,45+/m1/s1. The molecule has 0 spiro atoms. The van der Waals surface area contributed by atoms with Crippen molar-refractivity contribution in [1.82, 2.24) is 25.5 Å². The summed E-state index contributed by atoms with van der Waals surface area (Å²) in [5.74, 6) is -1.84. The van der Waals surface area contributed by atoms with Crippen molar-refractivity contribution < 1.29 is 42.4 Å². The molecule has 6 atom stereocenters. The van der Waals surface area contributed by atoms with Crippen LogP contribution >= 0.6 is 41.9 Å². The normalized spacial score (nSPS) is 22.5. The number of likely N-dealkylation sites (tertiary alicyclic amines) is 1. The van der Waals surface area contributed by atoms with Gasteiger partial charge in [0.05, 0.1) is 41.1 Å². The van der Waals surface area contributed by atoms with E-state index in [0.717, 1.165) is 31.7 Å². The quantitative estimate of drug-likeness (QED) is 0.0506. The number of anilines is 1. The second kappa shape index (κ2) is 18.8. The van der Waals surface area contributed by atoms with Gasteiger partial charge in [-0.15, -0.1) is 17.9 Å². The monoisotopic (exact) mass is 958 g/mol. The maximum absolute atomic E-state index is 15.1. The zero-order valence-electron chi connectivity index (χ0n) is 36.6. The number of pyridine rings is 1. The lowest BCUT2D eigenvalue weighted by Crippen LogP contribution is -2.58. The van der Waals surface area contributed by atoms with E-state index in [1.54, 1.807) is 46.1 Å². The first kappa shape index (κ1) is 47.5. The van der Waals surface area contributed by atoms with E-state index >= 15 is 4.39 Å². The summed E-state index contributed by atoms with van der Waals surface area (Å²) >= 11 is 13.9. The number of amides is 3. The van der Waals surface area contributed by atoms with Crippen LogP contribution in [0.1, 0.15) is 78.7 Å². The highest BCUT2D eigenvalue weighted by atomic mass is 35.5. The Morgan fingerprint density at radius 3 is 2.50 bits per heavy atom. The summed E-state index contributed by atoms with van der Waals surface area (Å²) in [6.45, 7) is 13.1. The molecule has 3 fully saturated rings. The Bertz CT molecular complexity index is 2500. The molecular formula is C45H54Cl2FN6O8PS. The number of fused-ring (bicyclic) bond motifs is 1. The molecule has 3 aliphatic rings. The topological polar surface area (TPSA) is 181 Å². The van der Waals surface area contributed by atoms with E-state index in [4.69, 9.17) is 47.4 Å². The van der Waals surface area contributed by atoms with E-state index in [2.05, 4.69) is 22.5 Å². The molecule has 3 amide bonds. The number of thiazole rings is 1. The number of nitrogens with zero attached hydrogens (tertiary/aromatic N) is 3. The molecule has 14 nitrogen and oxygen atoms in total. The maximum Gasteiger partial charge on any atom is 0.408 e. The predicted molar refractivity (Wildman–Crippen MR) is 247 cm³/mol. The fourth-order valence-electron chi connectivity index (χ4n) is 8.47. The minimum Gasteiger partial charge on any atom is -0.497 e. The third-order valence-corrected chi connectivity index (χ3v) is 16.2. The molecule has 344 valence electrons. The largest absolute Gasteiger partial charge is 0.497 e. The van der Waals surface area contributed by atoms with Crippen LogP contribution in [0.25, 0.3) is 22.3 Å². The number of carbonyl (C=O) groups is 3. The Morgan fingerprint density at radius 1 is 1.11 bits per heavy atom. The van der Waals surface area contributed by atoms with Crippen LogP contribution in [0.2, 0.25) is 10.0 Å². The Hall–Kier alpha value is -4.47. The highest BCUT2D eigenvalue weighted by Crippen LogP contribution is 2.71. The first-order valence-corrected chi connectivity index (χ1v) is 24.8. The fourth-order valence-corrected chi connectivity index (χ4v) is 12.2. The van der Waals surface area contributed by atoms with E-state index in [1.165, 1.54) is 28.4 Å². The lowest BCUT2D eigenvalue weighted by Gasteiger charge is -2.36. The number of methoxy groups -OCH3 is 1. The number of aromatic nitrogens is 2. The number of benzene rings is 2. The second-order valence-corrected chi connectivity index (χ2v) is 22.3. The van der Waals surface area contributed by atoms with Crippen LogP contribution in [0.3, 0.4) is 0 Å². The number of nitrogens with one attached hydrogen (secondary N) is 3. The maximum atomic E-state index is 15.1. The van der Waals surface area contributed by atoms with Crippen molar-refractivity contribution in [3.8, 4) is 22.9 Å². The van der Waals surface area contributed by atoms with Gasteiger partial charge in [-0.1, -0.05) is 50.0 Å². The lowest BCUT2D eigenvalue weighted by molar-refractivity contribution is -0.142. The van der Waals surface area contributed by atoms with E-state index in [9.17, 15) is 23.8 Å². The zero-order chi connectivity index (χ0) is 46.3. The molecule has 19 heteroatoms. The van der Waals surface area contributed by atoms with Crippen molar-refractivity contribution in [1.29, 1.82) is 0 Å². The van der Waals surface area contributed by atoms with Crippen LogP contribution in [0.5, 0.6) is 11.5 Å². The number of rotatable bonds is 15. The van der Waals surface area contributed by atoms with Crippen LogP contribution in [-0.2, 0) is 25.1 Å². The second-order valence-electron chi connectivity index (χ2n) is 18.1. The minimum atomic E-state index is -4.54. The summed E-state index contributed by atoms with van der Waals surface area (Å²) in [6, 6.07) is 7.18. The predicted octanol–water partition coefficient (Wildman–Crippen LogP) is 9.55. The van der Waals surface area contributed by atoms with E-state index < -0.39 is 72.1 Å². The summed E-state index contributed by atoms with van der Waals surface area (Å²) in [7, 11) is -2.98. The number of alkyl carbamates (subject to hydrolysis) is 1. The molecule has 2 unspecified atom stereocenters. The van der Waals surface area contributed by atoms with E-state index in [0.29, 0.717) is 38.9 Å². The van der Waals surface area contributed by atoms with Crippen molar-refractivity contribution in [3.63, 3.8) is 0 Å². The van der Waals surface area contributed by atoms with Crippen LogP contribution in [-0.4, -0.2) is 86.9 Å². The molecule has 4 N–H and O–H groups in total. The third kappa shape index (κ3) is 10.0. The van der Waals surface area contributed by atoms with Crippen molar-refractivity contribution in [2.75, 3.05) is 19.0 Å². The van der Waals surface area contributed by atoms with Gasteiger partial charge in [-0.2, -0.15) is 0 Å². The van der Waals surface area contributed by atoms with Crippen molar-refractivity contribution >= 4 is 75.8 Å². The first-order valence-electron chi connectivity index (χ1n) is 21.3. The van der Waals surface area contributed by atoms with Gasteiger partial charge in [0.1, 0.15) is 52.6 Å². The lowest BCUT2D eigenvalue weighted by atomic mass is 9.85. The fraction of sp³-hybridized carbons (Fsp3) is 0.489. The molecule has 2 aromatic carbocycles. The van der Waals surface area contributed by atoms with Gasteiger partial charge < -0.3 is 40.0 Å². The molecule has 3 heterocycles. The van der Waals surface area contributed by atoms with Gasteiger partial charge in [-0.3, -0.25) is 14.2 Å². The van der Waals surface area contributed by atoms with Gasteiger partial charge in [0, 0.05) is 46.8 Å². The molecule has 2 saturated carbocycles. The Labute approximate surface area is 386 Å². The van der Waals surface area contributed by atoms with Crippen molar-refractivity contribution in [2.45, 2.75) is 115 Å². The first-order chi connectivity index (χ1) is 30.2. The Morgan fingerprint density at radius 2 is 1.84 bits per heavy atom. The number of ether oxygens (including phenoxy) is 3. The summed E-state index contributed by atoms with van der Waals surface area (Å²) in [4.78, 5) is 65.8. The molecule has 2 aromatic heterocycles. The molecule has 0 radical (unpaired) electrons. The van der Waals surface area contributed by atoms with Gasteiger partial charge in [-0.05, 0) is 75.6 Å². The van der Waals surface area contributed by atoms with Crippen LogP contribution in [0.4, 0.5) is 14.3 Å². The van der Waals surface area contributed by atoms with Gasteiger partial charge >= 0.3 is 6.09 Å². The molecule has 1 saturated heterocycles. The highest BCUT2D eigenvalue weighted by molar-refractivity contribution is 7.59. The SMILES string of the molecule is C=C[C@@H]1C[C@]1(NC(=O)[C@@H]1C[C@@H](Oc2cc(-c3csc(NC(C)C)n3)nc3cc(OC)ccc23)CN1C(=O)C(NC(=O)OC1CCCC1)C(C)(C)C)P(=O)(O)Cc1c(F)ccc(Cl)c1Cl. The van der Waals surface area contributed by atoms with Gasteiger partial charge in [0.2, 0.25) is 19.2 Å². The minimum absolute atomic E-state index is 0.000195. The number of hydrogen-bond acceptors (Lipinski definition) is 11. The molecule has 1 aliphatic heterocycles. The molecule has 64 heavy (non-hydrogen) atoms. The average molecular weight is 960 g/mol. The number of carbonyl (C=O) groups excluding carboxylic acids is 3. The summed E-state index contributed by atoms with van der Waals surface area (Å²) in [5, 5.41) is 10.2. The van der Waals surface area contributed by atoms with E-state index in [1.807, 2.05) is 25.3 Å². The molecule has 4 aromatic rings.